The monoisotopic (exact) mass is 277 g/mol. The molecule has 96 valence electrons. The van der Waals surface area contributed by atoms with E-state index >= 15 is 0 Å². The number of nitrogens with zero attached hydrogens (tertiary/aromatic N) is 1. The van der Waals surface area contributed by atoms with Gasteiger partial charge in [0.05, 0.1) is 9.95 Å². The Kier molecular flexibility index (Phi) is 4.16. The largest absolute Gasteiger partial charge is 0.481 e. The van der Waals surface area contributed by atoms with Crippen LogP contribution in [0.25, 0.3) is 0 Å². The van der Waals surface area contributed by atoms with Crippen molar-refractivity contribution in [2.24, 2.45) is 0 Å². The van der Waals surface area contributed by atoms with E-state index < -0.39 is 40.5 Å². The maximum Gasteiger partial charge on any atom is 0.322 e. The molecule has 0 aliphatic carbocycles. The Morgan fingerprint density at radius 1 is 1.50 bits per heavy atom. The number of hydrogen-bond acceptors (Lipinski definition) is 5. The summed E-state index contributed by atoms with van der Waals surface area (Å²) in [6.45, 7) is 0. The highest BCUT2D eigenvalue weighted by Gasteiger charge is 2.20. The number of hydrogen-bond donors (Lipinski definition) is 1. The molecule has 0 amide bonds. The lowest BCUT2D eigenvalue weighted by atomic mass is 10.3. The fourth-order valence-electron chi connectivity index (χ4n) is 1.02. The number of ether oxygens (including phenoxy) is 1. The molecule has 0 spiro atoms. The zero-order valence-corrected chi connectivity index (χ0v) is 9.31. The zero-order valence-electron chi connectivity index (χ0n) is 8.55. The van der Waals surface area contributed by atoms with Crippen molar-refractivity contribution in [1.29, 1.82) is 0 Å². The van der Waals surface area contributed by atoms with Gasteiger partial charge in [0, 0.05) is 12.1 Å². The maximum absolute atomic E-state index is 13.2. The predicted octanol–water partition coefficient (Wildman–Crippen LogP) is 1.77. The van der Waals surface area contributed by atoms with Crippen molar-refractivity contribution in [2.75, 3.05) is 0 Å². The topological polar surface area (TPSA) is 107 Å². The lowest BCUT2D eigenvalue weighted by molar-refractivity contribution is -0.387. The van der Waals surface area contributed by atoms with Crippen molar-refractivity contribution in [3.63, 3.8) is 0 Å². The summed E-state index contributed by atoms with van der Waals surface area (Å²) in [6.07, 6.45) is -0.936. The highest BCUT2D eigenvalue weighted by atomic mass is 35.5. The third kappa shape index (κ3) is 3.39. The summed E-state index contributed by atoms with van der Waals surface area (Å²) < 4.78 is 17.6. The molecule has 0 saturated carbocycles. The van der Waals surface area contributed by atoms with Gasteiger partial charge in [-0.15, -0.1) is 0 Å². The van der Waals surface area contributed by atoms with Gasteiger partial charge in [0.1, 0.15) is 6.42 Å². The molecule has 0 heterocycles. The van der Waals surface area contributed by atoms with E-state index in [2.05, 4.69) is 4.74 Å². The number of nitro benzene ring substituents is 1. The number of aliphatic carboxylic acids is 1. The molecule has 0 atom stereocenters. The van der Waals surface area contributed by atoms with Crippen LogP contribution in [0.15, 0.2) is 12.1 Å². The van der Waals surface area contributed by atoms with E-state index in [0.717, 1.165) is 0 Å². The van der Waals surface area contributed by atoms with Crippen LogP contribution in [0.3, 0.4) is 0 Å². The Balaban J connectivity index is 2.98. The average molecular weight is 278 g/mol. The van der Waals surface area contributed by atoms with Gasteiger partial charge in [-0.3, -0.25) is 19.7 Å². The SMILES string of the molecule is O=C(O)CC(=O)Oc1cc(F)c([N+](=O)[O-])cc1Cl. The number of carbonyl (C=O) groups is 2. The van der Waals surface area contributed by atoms with E-state index in [1.165, 1.54) is 0 Å². The average Bonchev–Trinajstić information content (AvgIpc) is 2.21. The molecule has 18 heavy (non-hydrogen) atoms. The normalized spacial score (nSPS) is 9.89. The van der Waals surface area contributed by atoms with Crippen molar-refractivity contribution >= 4 is 29.2 Å². The summed E-state index contributed by atoms with van der Waals surface area (Å²) in [5, 5.41) is 18.3. The van der Waals surface area contributed by atoms with Crippen molar-refractivity contribution < 1.29 is 28.7 Å². The Bertz CT molecular complexity index is 532. The summed E-state index contributed by atoms with van der Waals surface area (Å²) in [4.78, 5) is 30.6. The Morgan fingerprint density at radius 3 is 2.61 bits per heavy atom. The van der Waals surface area contributed by atoms with E-state index in [9.17, 15) is 24.1 Å². The Morgan fingerprint density at radius 2 is 2.11 bits per heavy atom. The van der Waals surface area contributed by atoms with Gasteiger partial charge in [-0.25, -0.2) is 0 Å². The molecule has 0 saturated heterocycles. The third-order valence-corrected chi connectivity index (χ3v) is 2.01. The molecule has 7 nitrogen and oxygen atoms in total. The summed E-state index contributed by atoms with van der Waals surface area (Å²) in [5.74, 6) is -4.33. The molecule has 1 N–H and O–H groups in total. The van der Waals surface area contributed by atoms with Crippen LogP contribution in [0.4, 0.5) is 10.1 Å². The minimum atomic E-state index is -1.43. The van der Waals surface area contributed by atoms with E-state index in [0.29, 0.717) is 12.1 Å². The van der Waals surface area contributed by atoms with Gasteiger partial charge in [-0.05, 0) is 0 Å². The second-order valence-corrected chi connectivity index (χ2v) is 3.44. The van der Waals surface area contributed by atoms with Gasteiger partial charge in [0.2, 0.25) is 5.82 Å². The van der Waals surface area contributed by atoms with Crippen molar-refractivity contribution in [3.05, 3.63) is 33.1 Å². The van der Waals surface area contributed by atoms with Crippen LogP contribution in [0, 0.1) is 15.9 Å². The Hall–Kier alpha value is -2.22. The summed E-state index contributed by atoms with van der Waals surface area (Å²) in [6, 6.07) is 1.21. The molecule has 0 aliphatic rings. The molecule has 0 fully saturated rings. The summed E-state index contributed by atoms with van der Waals surface area (Å²) >= 11 is 5.53. The van der Waals surface area contributed by atoms with E-state index in [4.69, 9.17) is 16.7 Å². The second-order valence-electron chi connectivity index (χ2n) is 3.04. The van der Waals surface area contributed by atoms with Crippen molar-refractivity contribution in [3.8, 4) is 5.75 Å². The highest BCUT2D eigenvalue weighted by Crippen LogP contribution is 2.31. The van der Waals surface area contributed by atoms with Crippen LogP contribution >= 0.6 is 11.6 Å². The van der Waals surface area contributed by atoms with Gasteiger partial charge in [0.15, 0.2) is 5.75 Å². The van der Waals surface area contributed by atoms with Crippen LogP contribution in [-0.4, -0.2) is 22.0 Å². The number of esters is 1. The molecule has 0 bridgehead atoms. The molecule has 1 rings (SSSR count). The van der Waals surface area contributed by atoms with Crippen LogP contribution in [-0.2, 0) is 9.59 Å². The number of halogens is 2. The predicted molar refractivity (Wildman–Crippen MR) is 56.0 cm³/mol. The third-order valence-electron chi connectivity index (χ3n) is 1.72. The van der Waals surface area contributed by atoms with Gasteiger partial charge in [-0.1, -0.05) is 11.6 Å². The molecule has 1 aromatic carbocycles. The first kappa shape index (κ1) is 13.8. The molecule has 0 aromatic heterocycles. The van der Waals surface area contributed by atoms with E-state index in [1.807, 2.05) is 0 Å². The van der Waals surface area contributed by atoms with Gasteiger partial charge in [0.25, 0.3) is 0 Å². The molecule has 0 aliphatic heterocycles. The zero-order chi connectivity index (χ0) is 13.9. The number of carboxylic acids is 1. The fourth-order valence-corrected chi connectivity index (χ4v) is 1.21. The number of rotatable bonds is 4. The van der Waals surface area contributed by atoms with Crippen LogP contribution in [0.1, 0.15) is 6.42 Å². The molecular formula is C9H5ClFNO6. The quantitative estimate of drug-likeness (QED) is 0.295. The van der Waals surface area contributed by atoms with E-state index in [-0.39, 0.29) is 5.02 Å². The highest BCUT2D eigenvalue weighted by molar-refractivity contribution is 6.32. The summed E-state index contributed by atoms with van der Waals surface area (Å²) in [5.41, 5.74) is -0.877. The first-order valence-corrected chi connectivity index (χ1v) is 4.75. The standard InChI is InChI=1S/C9H5ClFNO6/c10-4-1-6(12(16)17)5(11)2-7(4)18-9(15)3-8(13)14/h1-2H,3H2,(H,13,14). The van der Waals surface area contributed by atoms with Gasteiger partial charge < -0.3 is 9.84 Å². The van der Waals surface area contributed by atoms with E-state index in [1.54, 1.807) is 0 Å². The van der Waals surface area contributed by atoms with Crippen LogP contribution in [0.2, 0.25) is 5.02 Å². The van der Waals surface area contributed by atoms with Gasteiger partial charge in [-0.2, -0.15) is 4.39 Å². The maximum atomic E-state index is 13.2. The second kappa shape index (κ2) is 5.41. The smallest absolute Gasteiger partial charge is 0.322 e. The lowest BCUT2D eigenvalue weighted by Crippen LogP contribution is -2.13. The molecule has 0 unspecified atom stereocenters. The fraction of sp³-hybridized carbons (Fsp3) is 0.111. The first-order chi connectivity index (χ1) is 8.31. The molecular weight excluding hydrogens is 273 g/mol. The number of nitro groups is 1. The molecule has 0 radical (unpaired) electrons. The number of carboxylic acid groups (broad SMARTS) is 1. The summed E-state index contributed by atoms with van der Waals surface area (Å²) in [7, 11) is 0. The van der Waals surface area contributed by atoms with Crippen molar-refractivity contribution in [1.82, 2.24) is 0 Å². The van der Waals surface area contributed by atoms with Crippen LogP contribution in [0.5, 0.6) is 5.75 Å². The molecule has 9 heteroatoms. The van der Waals surface area contributed by atoms with Crippen LogP contribution < -0.4 is 4.74 Å². The minimum absolute atomic E-state index is 0.373. The van der Waals surface area contributed by atoms with Crippen molar-refractivity contribution in [2.45, 2.75) is 6.42 Å². The molecule has 1 aromatic rings. The lowest BCUT2D eigenvalue weighted by Gasteiger charge is -2.05. The first-order valence-electron chi connectivity index (χ1n) is 4.37. The number of carbonyl (C=O) groups excluding carboxylic acids is 1. The minimum Gasteiger partial charge on any atom is -0.481 e. The number of benzene rings is 1. The van der Waals surface area contributed by atoms with Gasteiger partial charge >= 0.3 is 17.6 Å². The Labute approximate surface area is 104 Å².